The third-order valence-electron chi connectivity index (χ3n) is 6.79. The number of aliphatic carboxylic acids is 1. The number of carbonyl (C=O) groups excluding carboxylic acids is 1. The third-order valence-corrected chi connectivity index (χ3v) is 6.79. The van der Waals surface area contributed by atoms with E-state index in [-0.39, 0.29) is 12.4 Å². The molecule has 0 amide bonds. The molecule has 0 aliphatic carbocycles. The van der Waals surface area contributed by atoms with Gasteiger partial charge in [0.05, 0.1) is 6.42 Å². The number of hydrogen-bond donors (Lipinski definition) is 1. The molecular formula is C35H60O4. The molecule has 0 fully saturated rings. The van der Waals surface area contributed by atoms with Crippen molar-refractivity contribution in [2.45, 2.75) is 161 Å². The van der Waals surface area contributed by atoms with Crippen molar-refractivity contribution in [2.24, 2.45) is 0 Å². The van der Waals surface area contributed by atoms with Crippen LogP contribution in [0.1, 0.15) is 155 Å². The second-order valence-corrected chi connectivity index (χ2v) is 10.7. The Morgan fingerprint density at radius 1 is 0.590 bits per heavy atom. The fraction of sp³-hybridized carbons (Fsp3) is 0.714. The summed E-state index contributed by atoms with van der Waals surface area (Å²) < 4.78 is 5.51. The first-order chi connectivity index (χ1) is 19.1. The van der Waals surface area contributed by atoms with Gasteiger partial charge in [-0.15, -0.1) is 0 Å². The Bertz CT molecular complexity index is 674. The molecule has 0 spiro atoms. The average Bonchev–Trinajstić information content (AvgIpc) is 2.91. The van der Waals surface area contributed by atoms with Crippen LogP contribution in [0.2, 0.25) is 0 Å². The van der Waals surface area contributed by atoms with E-state index < -0.39 is 12.1 Å². The minimum atomic E-state index is -0.897. The molecule has 1 N–H and O–H groups in total. The van der Waals surface area contributed by atoms with Gasteiger partial charge >= 0.3 is 11.9 Å². The van der Waals surface area contributed by atoms with E-state index >= 15 is 0 Å². The number of carboxylic acid groups (broad SMARTS) is 1. The van der Waals surface area contributed by atoms with Crippen LogP contribution in [-0.2, 0) is 14.3 Å². The summed E-state index contributed by atoms with van der Waals surface area (Å²) in [5.41, 5.74) is 0. The molecule has 0 saturated heterocycles. The number of carbonyl (C=O) groups is 2. The lowest BCUT2D eigenvalue weighted by Crippen LogP contribution is -2.21. The molecule has 0 aliphatic heterocycles. The minimum absolute atomic E-state index is 0.0890. The first-order valence-corrected chi connectivity index (χ1v) is 16.1. The van der Waals surface area contributed by atoms with Crippen molar-refractivity contribution >= 4 is 11.9 Å². The molecule has 0 aliphatic rings. The Labute approximate surface area is 241 Å². The smallest absolute Gasteiger partial charge is 0.307 e. The number of hydrogen-bond acceptors (Lipinski definition) is 3. The quantitative estimate of drug-likeness (QED) is 0.0604. The molecule has 0 aromatic carbocycles. The van der Waals surface area contributed by atoms with E-state index in [2.05, 4.69) is 62.5 Å². The molecule has 1 atom stereocenters. The van der Waals surface area contributed by atoms with E-state index in [0.29, 0.717) is 12.8 Å². The van der Waals surface area contributed by atoms with Crippen molar-refractivity contribution in [3.05, 3.63) is 48.6 Å². The molecule has 1 unspecified atom stereocenters. The highest BCUT2D eigenvalue weighted by Crippen LogP contribution is 2.15. The van der Waals surface area contributed by atoms with Crippen LogP contribution in [0.5, 0.6) is 0 Å². The maximum atomic E-state index is 12.2. The van der Waals surface area contributed by atoms with Crippen molar-refractivity contribution in [1.29, 1.82) is 0 Å². The highest BCUT2D eigenvalue weighted by Gasteiger charge is 2.17. The first-order valence-electron chi connectivity index (χ1n) is 16.1. The molecule has 0 bridgehead atoms. The van der Waals surface area contributed by atoms with Gasteiger partial charge in [-0.25, -0.2) is 0 Å². The second-order valence-electron chi connectivity index (χ2n) is 10.7. The molecule has 0 aromatic rings. The number of esters is 1. The van der Waals surface area contributed by atoms with E-state index in [1.807, 2.05) is 0 Å². The van der Waals surface area contributed by atoms with Crippen LogP contribution >= 0.6 is 0 Å². The van der Waals surface area contributed by atoms with Gasteiger partial charge in [-0.1, -0.05) is 127 Å². The molecule has 39 heavy (non-hydrogen) atoms. The van der Waals surface area contributed by atoms with Crippen molar-refractivity contribution in [3.8, 4) is 0 Å². The fourth-order valence-corrected chi connectivity index (χ4v) is 4.42. The number of rotatable bonds is 28. The molecule has 4 heteroatoms. The molecule has 4 nitrogen and oxygen atoms in total. The van der Waals surface area contributed by atoms with Crippen LogP contribution in [0.15, 0.2) is 48.6 Å². The molecule has 0 heterocycles. The topological polar surface area (TPSA) is 63.6 Å². The van der Waals surface area contributed by atoms with Crippen LogP contribution in [0.25, 0.3) is 0 Å². The van der Waals surface area contributed by atoms with Gasteiger partial charge in [-0.2, -0.15) is 0 Å². The molecule has 0 aromatic heterocycles. The maximum Gasteiger partial charge on any atom is 0.307 e. The van der Waals surface area contributed by atoms with Crippen molar-refractivity contribution in [3.63, 3.8) is 0 Å². The molecular weight excluding hydrogens is 484 g/mol. The summed E-state index contributed by atoms with van der Waals surface area (Å²) in [5, 5.41) is 9.16. The Kier molecular flexibility index (Phi) is 28.8. The van der Waals surface area contributed by atoms with Gasteiger partial charge in [0.15, 0.2) is 0 Å². The van der Waals surface area contributed by atoms with Crippen molar-refractivity contribution in [1.82, 2.24) is 0 Å². The van der Waals surface area contributed by atoms with Gasteiger partial charge in [0, 0.05) is 6.42 Å². The van der Waals surface area contributed by atoms with E-state index in [0.717, 1.165) is 57.8 Å². The summed E-state index contributed by atoms with van der Waals surface area (Å²) in [7, 11) is 0. The minimum Gasteiger partial charge on any atom is -0.481 e. The number of carboxylic acids is 1. The lowest BCUT2D eigenvalue weighted by atomic mass is 10.0. The van der Waals surface area contributed by atoms with E-state index in [4.69, 9.17) is 9.84 Å². The van der Waals surface area contributed by atoms with E-state index in [1.165, 1.54) is 64.2 Å². The molecule has 0 radical (unpaired) electrons. The molecule has 224 valence electrons. The zero-order valence-electron chi connectivity index (χ0n) is 25.4. The van der Waals surface area contributed by atoms with Crippen LogP contribution < -0.4 is 0 Å². The van der Waals surface area contributed by atoms with Gasteiger partial charge < -0.3 is 9.84 Å². The summed E-state index contributed by atoms with van der Waals surface area (Å²) in [4.78, 5) is 23.4. The van der Waals surface area contributed by atoms with Crippen LogP contribution in [0, 0.1) is 0 Å². The summed E-state index contributed by atoms with van der Waals surface area (Å²) in [6.07, 6.45) is 39.8. The van der Waals surface area contributed by atoms with Gasteiger partial charge in [0.1, 0.15) is 6.10 Å². The fourth-order valence-electron chi connectivity index (χ4n) is 4.42. The standard InChI is InChI=1S/C35H60O4/c1-3-5-7-9-11-13-14-15-16-17-18-19-20-21-22-23-25-27-29-31-35(38)39-33(32-34(36)37)30-28-26-24-12-10-8-6-4-2/h11,13,15-16,18-19,21-22,33H,3-10,12,14,17,20,23-32H2,1-2H3,(H,36,37)/b13-11-,16-15-,19-18-,22-21-. The molecule has 0 rings (SSSR count). The maximum absolute atomic E-state index is 12.2. The normalized spacial score (nSPS) is 12.9. The van der Waals surface area contributed by atoms with Crippen LogP contribution in [0.4, 0.5) is 0 Å². The predicted octanol–water partition coefficient (Wildman–Crippen LogP) is 10.8. The predicted molar refractivity (Wildman–Crippen MR) is 167 cm³/mol. The van der Waals surface area contributed by atoms with E-state index in [9.17, 15) is 9.59 Å². The second kappa shape index (κ2) is 30.4. The van der Waals surface area contributed by atoms with Gasteiger partial charge in [0.25, 0.3) is 0 Å². The zero-order valence-corrected chi connectivity index (χ0v) is 25.4. The number of ether oxygens (including phenoxy) is 1. The lowest BCUT2D eigenvalue weighted by Gasteiger charge is -2.16. The SMILES string of the molecule is CCCCC/C=C\C/C=C\C/C=C\C/C=C\CCCCCC(=O)OC(CCCCCCCCCC)CC(=O)O. The van der Waals surface area contributed by atoms with Crippen molar-refractivity contribution < 1.29 is 19.4 Å². The third kappa shape index (κ3) is 30.3. The first kappa shape index (κ1) is 36.9. The summed E-state index contributed by atoms with van der Waals surface area (Å²) in [6.45, 7) is 4.46. The highest BCUT2D eigenvalue weighted by molar-refractivity contribution is 5.71. The molecule has 0 saturated carbocycles. The Hall–Kier alpha value is -2.10. The lowest BCUT2D eigenvalue weighted by molar-refractivity contribution is -0.153. The van der Waals surface area contributed by atoms with Gasteiger partial charge in [-0.05, 0) is 64.2 Å². The summed E-state index contributed by atoms with van der Waals surface area (Å²) in [6, 6.07) is 0. The average molecular weight is 545 g/mol. The zero-order chi connectivity index (χ0) is 28.7. The number of unbranched alkanes of at least 4 members (excludes halogenated alkanes) is 13. The Balaban J connectivity index is 3.78. The van der Waals surface area contributed by atoms with Crippen LogP contribution in [0.3, 0.4) is 0 Å². The summed E-state index contributed by atoms with van der Waals surface area (Å²) >= 11 is 0. The number of allylic oxidation sites excluding steroid dienone is 8. The van der Waals surface area contributed by atoms with Crippen molar-refractivity contribution in [2.75, 3.05) is 0 Å². The van der Waals surface area contributed by atoms with Gasteiger partial charge in [-0.3, -0.25) is 9.59 Å². The summed E-state index contributed by atoms with van der Waals surface area (Å²) in [5.74, 6) is -1.15. The Morgan fingerprint density at radius 2 is 1.03 bits per heavy atom. The largest absolute Gasteiger partial charge is 0.481 e. The monoisotopic (exact) mass is 544 g/mol. The van der Waals surface area contributed by atoms with Gasteiger partial charge in [0.2, 0.25) is 0 Å². The van der Waals surface area contributed by atoms with Crippen LogP contribution in [-0.4, -0.2) is 23.1 Å². The van der Waals surface area contributed by atoms with E-state index in [1.54, 1.807) is 0 Å². The Morgan fingerprint density at radius 3 is 1.56 bits per heavy atom. The highest BCUT2D eigenvalue weighted by atomic mass is 16.5.